The number of carbonyl (C=O) groups excluding carboxylic acids is 2. The zero-order valence-corrected chi connectivity index (χ0v) is 14.7. The molecule has 1 heterocycles. The number of ketones is 1. The van der Waals surface area contributed by atoms with Crippen LogP contribution in [-0.2, 0) is 0 Å². The number of pyridine rings is 1. The Bertz CT molecular complexity index is 955. The highest BCUT2D eigenvalue weighted by molar-refractivity contribution is 6.33. The number of amides is 1. The molecule has 0 saturated heterocycles. The molecule has 0 aliphatic rings. The molecule has 2 N–H and O–H groups in total. The standard InChI is InChI=1S/C20H16ClN3O2/c1-13(25)14-6-8-15(9-7-14)23-16-10-11-22-19(12-16)20(26)24-18-5-3-2-4-17(18)21/h2-12H,1H3,(H,22,23)(H,24,26). The number of nitrogens with one attached hydrogen (secondary N) is 2. The second-order valence-electron chi connectivity index (χ2n) is 5.62. The minimum atomic E-state index is -0.353. The van der Waals surface area contributed by atoms with Crippen molar-refractivity contribution in [1.82, 2.24) is 4.98 Å². The summed E-state index contributed by atoms with van der Waals surface area (Å²) in [6.45, 7) is 1.52. The molecular weight excluding hydrogens is 350 g/mol. The second-order valence-corrected chi connectivity index (χ2v) is 6.03. The SMILES string of the molecule is CC(=O)c1ccc(Nc2ccnc(C(=O)Nc3ccccc3Cl)c2)cc1. The fourth-order valence-corrected chi connectivity index (χ4v) is 2.52. The van der Waals surface area contributed by atoms with Crippen LogP contribution in [-0.4, -0.2) is 16.7 Å². The van der Waals surface area contributed by atoms with E-state index in [1.807, 2.05) is 0 Å². The molecule has 5 nitrogen and oxygen atoms in total. The molecule has 26 heavy (non-hydrogen) atoms. The van der Waals surface area contributed by atoms with E-state index < -0.39 is 0 Å². The van der Waals surface area contributed by atoms with E-state index in [-0.39, 0.29) is 17.4 Å². The summed E-state index contributed by atoms with van der Waals surface area (Å²) in [6, 6.07) is 17.5. The van der Waals surface area contributed by atoms with Gasteiger partial charge in [-0.2, -0.15) is 0 Å². The van der Waals surface area contributed by atoms with Crippen LogP contribution in [0.2, 0.25) is 5.02 Å². The molecular formula is C20H16ClN3O2. The van der Waals surface area contributed by atoms with Crippen LogP contribution in [0.3, 0.4) is 0 Å². The van der Waals surface area contributed by atoms with Gasteiger partial charge in [0.25, 0.3) is 5.91 Å². The Kier molecular flexibility index (Phi) is 5.29. The van der Waals surface area contributed by atoms with Crippen LogP contribution in [0.1, 0.15) is 27.8 Å². The van der Waals surface area contributed by atoms with Crippen molar-refractivity contribution in [1.29, 1.82) is 0 Å². The summed E-state index contributed by atoms with van der Waals surface area (Å²) in [4.78, 5) is 27.8. The summed E-state index contributed by atoms with van der Waals surface area (Å²) >= 11 is 6.06. The maximum atomic E-state index is 12.4. The van der Waals surface area contributed by atoms with Gasteiger partial charge < -0.3 is 10.6 Å². The summed E-state index contributed by atoms with van der Waals surface area (Å²) in [5, 5.41) is 6.38. The minimum absolute atomic E-state index is 0.0130. The number of rotatable bonds is 5. The van der Waals surface area contributed by atoms with E-state index in [9.17, 15) is 9.59 Å². The van der Waals surface area contributed by atoms with Gasteiger partial charge in [-0.25, -0.2) is 0 Å². The summed E-state index contributed by atoms with van der Waals surface area (Å²) in [6.07, 6.45) is 1.55. The van der Waals surface area contributed by atoms with Crippen molar-refractivity contribution in [2.45, 2.75) is 6.92 Å². The number of anilines is 3. The van der Waals surface area contributed by atoms with Crippen molar-refractivity contribution in [3.8, 4) is 0 Å². The number of carbonyl (C=O) groups is 2. The zero-order chi connectivity index (χ0) is 18.5. The molecule has 3 rings (SSSR count). The van der Waals surface area contributed by atoms with Crippen molar-refractivity contribution >= 4 is 40.4 Å². The third-order valence-corrected chi connectivity index (χ3v) is 4.02. The molecule has 0 radical (unpaired) electrons. The van der Waals surface area contributed by atoms with Crippen LogP contribution in [0.5, 0.6) is 0 Å². The molecule has 2 aromatic carbocycles. The summed E-state index contributed by atoms with van der Waals surface area (Å²) in [7, 11) is 0. The third kappa shape index (κ3) is 4.26. The molecule has 0 aliphatic heterocycles. The molecule has 1 amide bonds. The molecule has 0 saturated carbocycles. The van der Waals surface area contributed by atoms with Gasteiger partial charge in [0.15, 0.2) is 5.78 Å². The zero-order valence-electron chi connectivity index (χ0n) is 14.0. The van der Waals surface area contributed by atoms with Gasteiger partial charge in [0.2, 0.25) is 0 Å². The van der Waals surface area contributed by atoms with E-state index in [4.69, 9.17) is 11.6 Å². The van der Waals surface area contributed by atoms with E-state index in [1.54, 1.807) is 66.9 Å². The van der Waals surface area contributed by atoms with Gasteiger partial charge in [-0.15, -0.1) is 0 Å². The normalized spacial score (nSPS) is 10.2. The first-order valence-electron chi connectivity index (χ1n) is 7.93. The number of aromatic nitrogens is 1. The van der Waals surface area contributed by atoms with Gasteiger partial charge in [0.05, 0.1) is 10.7 Å². The van der Waals surface area contributed by atoms with E-state index in [0.717, 1.165) is 5.69 Å². The quantitative estimate of drug-likeness (QED) is 0.628. The van der Waals surface area contributed by atoms with Crippen LogP contribution < -0.4 is 10.6 Å². The molecule has 6 heteroatoms. The fourth-order valence-electron chi connectivity index (χ4n) is 2.34. The lowest BCUT2D eigenvalue weighted by Crippen LogP contribution is -2.14. The molecule has 0 bridgehead atoms. The fraction of sp³-hybridized carbons (Fsp3) is 0.0500. The first-order valence-corrected chi connectivity index (χ1v) is 8.31. The third-order valence-electron chi connectivity index (χ3n) is 3.69. The highest BCUT2D eigenvalue weighted by Crippen LogP contribution is 2.22. The molecule has 0 spiro atoms. The average molecular weight is 366 g/mol. The van der Waals surface area contributed by atoms with Crippen LogP contribution in [0.4, 0.5) is 17.1 Å². The lowest BCUT2D eigenvalue weighted by Gasteiger charge is -2.09. The number of hydrogen-bond acceptors (Lipinski definition) is 4. The number of para-hydroxylation sites is 1. The van der Waals surface area contributed by atoms with Crippen LogP contribution >= 0.6 is 11.6 Å². The monoisotopic (exact) mass is 365 g/mol. The topological polar surface area (TPSA) is 71.1 Å². The summed E-state index contributed by atoms with van der Waals surface area (Å²) in [5.41, 5.74) is 2.94. The number of nitrogens with zero attached hydrogens (tertiary/aromatic N) is 1. The maximum Gasteiger partial charge on any atom is 0.274 e. The van der Waals surface area contributed by atoms with E-state index in [1.165, 1.54) is 6.92 Å². The maximum absolute atomic E-state index is 12.4. The van der Waals surface area contributed by atoms with Crippen LogP contribution in [0, 0.1) is 0 Å². The van der Waals surface area contributed by atoms with E-state index >= 15 is 0 Å². The van der Waals surface area contributed by atoms with Crippen molar-refractivity contribution < 1.29 is 9.59 Å². The predicted octanol–water partition coefficient (Wildman–Crippen LogP) is 4.93. The first kappa shape index (κ1) is 17.6. The van der Waals surface area contributed by atoms with Crippen molar-refractivity contribution in [2.24, 2.45) is 0 Å². The Morgan fingerprint density at radius 3 is 2.38 bits per heavy atom. The highest BCUT2D eigenvalue weighted by atomic mass is 35.5. The van der Waals surface area contributed by atoms with Crippen molar-refractivity contribution in [2.75, 3.05) is 10.6 Å². The predicted molar refractivity (Wildman–Crippen MR) is 103 cm³/mol. The Labute approximate surface area is 156 Å². The van der Waals surface area contributed by atoms with Crippen LogP contribution in [0.25, 0.3) is 0 Å². The highest BCUT2D eigenvalue weighted by Gasteiger charge is 2.10. The second kappa shape index (κ2) is 7.80. The lowest BCUT2D eigenvalue weighted by atomic mass is 10.1. The van der Waals surface area contributed by atoms with Crippen molar-refractivity contribution in [3.05, 3.63) is 83.1 Å². The number of hydrogen-bond donors (Lipinski definition) is 2. The number of benzene rings is 2. The van der Waals surface area contributed by atoms with Gasteiger partial charge in [0.1, 0.15) is 5.69 Å². The molecule has 130 valence electrons. The van der Waals surface area contributed by atoms with Gasteiger partial charge in [-0.3, -0.25) is 14.6 Å². The van der Waals surface area contributed by atoms with Gasteiger partial charge in [-0.05, 0) is 55.5 Å². The number of halogens is 1. The molecule has 1 aromatic heterocycles. The number of Topliss-reactive ketones (excluding diaryl/α,β-unsaturated/α-hetero) is 1. The van der Waals surface area contributed by atoms with E-state index in [0.29, 0.717) is 22.0 Å². The van der Waals surface area contributed by atoms with Gasteiger partial charge in [-0.1, -0.05) is 23.7 Å². The minimum Gasteiger partial charge on any atom is -0.355 e. The molecule has 0 aliphatic carbocycles. The molecule has 0 unspecified atom stereocenters. The Balaban J connectivity index is 1.74. The van der Waals surface area contributed by atoms with Crippen molar-refractivity contribution in [3.63, 3.8) is 0 Å². The largest absolute Gasteiger partial charge is 0.355 e. The van der Waals surface area contributed by atoms with Crippen LogP contribution in [0.15, 0.2) is 66.9 Å². The first-order chi connectivity index (χ1) is 12.5. The average Bonchev–Trinajstić information content (AvgIpc) is 2.64. The van der Waals surface area contributed by atoms with Gasteiger partial charge >= 0.3 is 0 Å². The lowest BCUT2D eigenvalue weighted by molar-refractivity contribution is 0.101. The van der Waals surface area contributed by atoms with Gasteiger partial charge in [0, 0.05) is 23.1 Å². The smallest absolute Gasteiger partial charge is 0.274 e. The molecule has 0 atom stereocenters. The molecule has 0 fully saturated rings. The Hall–Kier alpha value is -3.18. The Morgan fingerprint density at radius 1 is 0.962 bits per heavy atom. The Morgan fingerprint density at radius 2 is 1.69 bits per heavy atom. The van der Waals surface area contributed by atoms with E-state index in [2.05, 4.69) is 15.6 Å². The summed E-state index contributed by atoms with van der Waals surface area (Å²) < 4.78 is 0. The molecule has 3 aromatic rings. The summed E-state index contributed by atoms with van der Waals surface area (Å²) in [5.74, 6) is -0.340.